The third kappa shape index (κ3) is 1.68. The molecule has 2 rings (SSSR count). The van der Waals surface area contributed by atoms with Crippen LogP contribution in [0.25, 0.3) is 0 Å². The fraction of sp³-hybridized carbons (Fsp3) is 0.364. The SMILES string of the molecule is COc1ccc2c(c1)C(=O)N(CCN)C2. The highest BCUT2D eigenvalue weighted by Gasteiger charge is 2.26. The molecule has 4 heteroatoms. The Bertz CT molecular complexity index is 390. The fourth-order valence-electron chi connectivity index (χ4n) is 1.80. The number of hydrogen-bond donors (Lipinski definition) is 1. The van der Waals surface area contributed by atoms with Crippen LogP contribution in [0.3, 0.4) is 0 Å². The Hall–Kier alpha value is -1.55. The minimum atomic E-state index is 0.0503. The molecule has 80 valence electrons. The van der Waals surface area contributed by atoms with Crippen LogP contribution in [0.4, 0.5) is 0 Å². The highest BCUT2D eigenvalue weighted by Crippen LogP contribution is 2.26. The molecule has 1 aliphatic heterocycles. The number of hydrogen-bond acceptors (Lipinski definition) is 3. The quantitative estimate of drug-likeness (QED) is 0.788. The zero-order valence-corrected chi connectivity index (χ0v) is 8.69. The predicted octanol–water partition coefficient (Wildman–Crippen LogP) is 0.610. The van der Waals surface area contributed by atoms with Crippen LogP contribution in [0, 0.1) is 0 Å². The van der Waals surface area contributed by atoms with Crippen molar-refractivity contribution in [2.45, 2.75) is 6.54 Å². The number of benzene rings is 1. The second-order valence-corrected chi connectivity index (χ2v) is 3.54. The summed E-state index contributed by atoms with van der Waals surface area (Å²) in [6.07, 6.45) is 0. The largest absolute Gasteiger partial charge is 0.497 e. The van der Waals surface area contributed by atoms with Crippen LogP contribution in [-0.2, 0) is 6.54 Å². The molecule has 0 aromatic heterocycles. The predicted molar refractivity (Wildman–Crippen MR) is 56.8 cm³/mol. The first-order chi connectivity index (χ1) is 7.26. The van der Waals surface area contributed by atoms with Crippen molar-refractivity contribution in [1.29, 1.82) is 0 Å². The van der Waals surface area contributed by atoms with Gasteiger partial charge in [0.05, 0.1) is 7.11 Å². The minimum absolute atomic E-state index is 0.0503. The van der Waals surface area contributed by atoms with Gasteiger partial charge >= 0.3 is 0 Å². The average molecular weight is 206 g/mol. The van der Waals surface area contributed by atoms with Gasteiger partial charge in [0, 0.05) is 25.2 Å². The maximum Gasteiger partial charge on any atom is 0.254 e. The lowest BCUT2D eigenvalue weighted by Crippen LogP contribution is -2.29. The molecule has 0 unspecified atom stereocenters. The van der Waals surface area contributed by atoms with Gasteiger partial charge in [-0.1, -0.05) is 6.07 Å². The van der Waals surface area contributed by atoms with Gasteiger partial charge in [0.25, 0.3) is 5.91 Å². The molecule has 0 spiro atoms. The smallest absolute Gasteiger partial charge is 0.254 e. The molecule has 0 radical (unpaired) electrons. The summed E-state index contributed by atoms with van der Waals surface area (Å²) >= 11 is 0. The first kappa shape index (κ1) is 9.98. The van der Waals surface area contributed by atoms with E-state index in [1.165, 1.54) is 0 Å². The molecule has 1 amide bonds. The number of fused-ring (bicyclic) bond motifs is 1. The molecule has 0 fully saturated rings. The molecule has 1 aliphatic rings. The van der Waals surface area contributed by atoms with E-state index < -0.39 is 0 Å². The van der Waals surface area contributed by atoms with Gasteiger partial charge in [-0.25, -0.2) is 0 Å². The normalized spacial score (nSPS) is 14.3. The molecule has 0 atom stereocenters. The highest BCUT2D eigenvalue weighted by molar-refractivity contribution is 5.98. The summed E-state index contributed by atoms with van der Waals surface area (Å²) in [6.45, 7) is 1.77. The number of nitrogens with zero attached hydrogens (tertiary/aromatic N) is 1. The lowest BCUT2D eigenvalue weighted by atomic mass is 10.1. The van der Waals surface area contributed by atoms with Crippen LogP contribution in [0.15, 0.2) is 18.2 Å². The molecule has 1 heterocycles. The maximum atomic E-state index is 11.9. The van der Waals surface area contributed by atoms with Crippen molar-refractivity contribution in [1.82, 2.24) is 4.90 Å². The number of carbonyl (C=O) groups is 1. The number of ether oxygens (including phenoxy) is 1. The van der Waals surface area contributed by atoms with Crippen LogP contribution >= 0.6 is 0 Å². The van der Waals surface area contributed by atoms with Crippen molar-refractivity contribution in [2.75, 3.05) is 20.2 Å². The molecule has 1 aromatic rings. The van der Waals surface area contributed by atoms with Crippen molar-refractivity contribution < 1.29 is 9.53 Å². The van der Waals surface area contributed by atoms with E-state index in [0.717, 1.165) is 16.9 Å². The number of carbonyl (C=O) groups excluding carboxylic acids is 1. The van der Waals surface area contributed by atoms with Gasteiger partial charge in [0.2, 0.25) is 0 Å². The van der Waals surface area contributed by atoms with Gasteiger partial charge in [-0.2, -0.15) is 0 Å². The van der Waals surface area contributed by atoms with Crippen LogP contribution in [-0.4, -0.2) is 31.0 Å². The maximum absolute atomic E-state index is 11.9. The van der Waals surface area contributed by atoms with E-state index >= 15 is 0 Å². The highest BCUT2D eigenvalue weighted by atomic mass is 16.5. The third-order valence-corrected chi connectivity index (χ3v) is 2.59. The van der Waals surface area contributed by atoms with Gasteiger partial charge in [-0.3, -0.25) is 4.79 Å². The van der Waals surface area contributed by atoms with Gasteiger partial charge in [0.1, 0.15) is 5.75 Å². The fourth-order valence-corrected chi connectivity index (χ4v) is 1.80. The van der Waals surface area contributed by atoms with Crippen molar-refractivity contribution in [3.05, 3.63) is 29.3 Å². The zero-order chi connectivity index (χ0) is 10.8. The van der Waals surface area contributed by atoms with Gasteiger partial charge in [-0.05, 0) is 17.7 Å². The summed E-state index contributed by atoms with van der Waals surface area (Å²) in [7, 11) is 1.60. The Morgan fingerprint density at radius 3 is 3.00 bits per heavy atom. The van der Waals surface area contributed by atoms with Gasteiger partial charge in [-0.15, -0.1) is 0 Å². The zero-order valence-electron chi connectivity index (χ0n) is 8.69. The van der Waals surface area contributed by atoms with E-state index in [0.29, 0.717) is 19.6 Å². The topological polar surface area (TPSA) is 55.6 Å². The number of nitrogens with two attached hydrogens (primary N) is 1. The first-order valence-electron chi connectivity index (χ1n) is 4.92. The van der Waals surface area contributed by atoms with Crippen molar-refractivity contribution in [3.8, 4) is 5.75 Å². The van der Waals surface area contributed by atoms with Crippen LogP contribution in [0.1, 0.15) is 15.9 Å². The van der Waals surface area contributed by atoms with E-state index in [9.17, 15) is 4.79 Å². The lowest BCUT2D eigenvalue weighted by molar-refractivity contribution is 0.0783. The molecule has 0 saturated carbocycles. The molecular weight excluding hydrogens is 192 g/mol. The molecule has 0 saturated heterocycles. The van der Waals surface area contributed by atoms with E-state index in [-0.39, 0.29) is 5.91 Å². The van der Waals surface area contributed by atoms with Crippen LogP contribution < -0.4 is 10.5 Å². The van der Waals surface area contributed by atoms with Crippen molar-refractivity contribution >= 4 is 5.91 Å². The second kappa shape index (κ2) is 3.90. The molecule has 15 heavy (non-hydrogen) atoms. The van der Waals surface area contributed by atoms with E-state index in [1.807, 2.05) is 12.1 Å². The number of rotatable bonds is 3. The minimum Gasteiger partial charge on any atom is -0.497 e. The number of methoxy groups -OCH3 is 1. The molecule has 0 aliphatic carbocycles. The lowest BCUT2D eigenvalue weighted by Gasteiger charge is -2.13. The standard InChI is InChI=1S/C11H14N2O2/c1-15-9-3-2-8-7-13(5-4-12)11(14)10(8)6-9/h2-3,6H,4-5,7,12H2,1H3. The monoisotopic (exact) mass is 206 g/mol. The number of amides is 1. The molecule has 1 aromatic carbocycles. The summed E-state index contributed by atoms with van der Waals surface area (Å²) in [5, 5.41) is 0. The molecular formula is C11H14N2O2. The summed E-state index contributed by atoms with van der Waals surface area (Å²) in [4.78, 5) is 13.6. The van der Waals surface area contributed by atoms with E-state index in [2.05, 4.69) is 0 Å². The van der Waals surface area contributed by atoms with Crippen molar-refractivity contribution in [2.24, 2.45) is 5.73 Å². The second-order valence-electron chi connectivity index (χ2n) is 3.54. The van der Waals surface area contributed by atoms with Crippen LogP contribution in [0.5, 0.6) is 5.75 Å². The van der Waals surface area contributed by atoms with Gasteiger partial charge in [0.15, 0.2) is 0 Å². The Balaban J connectivity index is 2.29. The van der Waals surface area contributed by atoms with E-state index in [1.54, 1.807) is 18.1 Å². The summed E-state index contributed by atoms with van der Waals surface area (Å²) in [6, 6.07) is 5.59. The Kier molecular flexibility index (Phi) is 2.60. The van der Waals surface area contributed by atoms with E-state index in [4.69, 9.17) is 10.5 Å². The van der Waals surface area contributed by atoms with Crippen LogP contribution in [0.2, 0.25) is 0 Å². The summed E-state index contributed by atoms with van der Waals surface area (Å²) in [5.74, 6) is 0.769. The van der Waals surface area contributed by atoms with Gasteiger partial charge < -0.3 is 15.4 Å². The summed E-state index contributed by atoms with van der Waals surface area (Å²) in [5.41, 5.74) is 7.23. The molecule has 2 N–H and O–H groups in total. The summed E-state index contributed by atoms with van der Waals surface area (Å²) < 4.78 is 5.09. The Morgan fingerprint density at radius 2 is 2.33 bits per heavy atom. The molecule has 4 nitrogen and oxygen atoms in total. The third-order valence-electron chi connectivity index (χ3n) is 2.59. The Labute approximate surface area is 88.6 Å². The first-order valence-corrected chi connectivity index (χ1v) is 4.92. The average Bonchev–Trinajstić information content (AvgIpc) is 2.56. The molecule has 0 bridgehead atoms. The van der Waals surface area contributed by atoms with Crippen molar-refractivity contribution in [3.63, 3.8) is 0 Å². The Morgan fingerprint density at radius 1 is 1.53 bits per heavy atom.